The van der Waals surface area contributed by atoms with Crippen LogP contribution in [0.3, 0.4) is 0 Å². The number of benzene rings is 2. The van der Waals surface area contributed by atoms with E-state index in [-0.39, 0.29) is 10.7 Å². The molecule has 5 heteroatoms. The lowest BCUT2D eigenvalue weighted by Crippen LogP contribution is -1.99. The molecule has 0 heterocycles. The zero-order valence-electron chi connectivity index (χ0n) is 9.20. The fourth-order valence-corrected chi connectivity index (χ4v) is 1.65. The lowest BCUT2D eigenvalue weighted by molar-refractivity contribution is 0.625. The third-order valence-electron chi connectivity index (χ3n) is 2.22. The predicted molar refractivity (Wildman–Crippen MR) is 73.9 cm³/mol. The van der Waals surface area contributed by atoms with Gasteiger partial charge in [0, 0.05) is 10.6 Å². The van der Waals surface area contributed by atoms with Gasteiger partial charge in [-0.15, -0.1) is 0 Å². The first-order valence-electron chi connectivity index (χ1n) is 5.16. The quantitative estimate of drug-likeness (QED) is 0.651. The largest absolute Gasteiger partial charge is 0.277 e. The van der Waals surface area contributed by atoms with Gasteiger partial charge in [0.05, 0.1) is 5.69 Å². The average Bonchev–Trinajstić information content (AvgIpc) is 2.38. The summed E-state index contributed by atoms with van der Waals surface area (Å²) in [5.41, 5.74) is 3.70. The number of nitrogens with zero attached hydrogens (tertiary/aromatic N) is 1. The molecule has 0 bridgehead atoms. The summed E-state index contributed by atoms with van der Waals surface area (Å²) in [4.78, 5) is 0. The minimum absolute atomic E-state index is 0.0584. The van der Waals surface area contributed by atoms with E-state index in [1.165, 1.54) is 6.07 Å². The Morgan fingerprint density at radius 3 is 2.39 bits per heavy atom. The van der Waals surface area contributed by atoms with Crippen molar-refractivity contribution in [2.45, 2.75) is 0 Å². The molecule has 2 aromatic carbocycles. The Labute approximate surface area is 114 Å². The maximum atomic E-state index is 13.4. The Balaban J connectivity index is 2.14. The van der Waals surface area contributed by atoms with Crippen molar-refractivity contribution in [3.63, 3.8) is 0 Å². The van der Waals surface area contributed by atoms with E-state index in [9.17, 15) is 4.39 Å². The van der Waals surface area contributed by atoms with Crippen molar-refractivity contribution in [1.82, 2.24) is 0 Å². The van der Waals surface area contributed by atoms with Gasteiger partial charge in [0.25, 0.3) is 0 Å². The molecule has 0 fully saturated rings. The summed E-state index contributed by atoms with van der Waals surface area (Å²) in [5, 5.41) is 4.59. The van der Waals surface area contributed by atoms with Crippen molar-refractivity contribution in [3.8, 4) is 0 Å². The molecule has 0 aliphatic heterocycles. The van der Waals surface area contributed by atoms with E-state index in [0.29, 0.717) is 10.7 Å². The molecule has 18 heavy (non-hydrogen) atoms. The minimum Gasteiger partial charge on any atom is -0.277 e. The number of halogens is 3. The number of hydrogen-bond donors (Lipinski definition) is 1. The smallest absolute Gasteiger partial charge is 0.159 e. The van der Waals surface area contributed by atoms with Crippen LogP contribution < -0.4 is 5.43 Å². The summed E-state index contributed by atoms with van der Waals surface area (Å²) in [5.74, 6) is -0.413. The Bertz CT molecular complexity index is 567. The summed E-state index contributed by atoms with van der Waals surface area (Å²) >= 11 is 11.7. The molecule has 0 aromatic heterocycles. The van der Waals surface area contributed by atoms with Crippen molar-refractivity contribution in [2.24, 2.45) is 5.10 Å². The minimum atomic E-state index is -0.413. The predicted octanol–water partition coefficient (Wildman–Crippen LogP) is 4.49. The van der Waals surface area contributed by atoms with Gasteiger partial charge in [-0.1, -0.05) is 35.3 Å². The van der Waals surface area contributed by atoms with E-state index in [2.05, 4.69) is 10.5 Å². The lowest BCUT2D eigenvalue weighted by Gasteiger charge is -2.03. The highest BCUT2D eigenvalue weighted by molar-refractivity contribution is 6.69. The van der Waals surface area contributed by atoms with Gasteiger partial charge in [-0.05, 0) is 36.4 Å². The molecule has 0 atom stereocenters. The third kappa shape index (κ3) is 3.22. The van der Waals surface area contributed by atoms with Crippen LogP contribution in [0.4, 0.5) is 10.1 Å². The molecule has 92 valence electrons. The molecule has 0 aliphatic rings. The van der Waals surface area contributed by atoms with Gasteiger partial charge in [0.1, 0.15) is 5.82 Å². The molecular weight excluding hydrogens is 274 g/mol. The summed E-state index contributed by atoms with van der Waals surface area (Å²) in [6, 6.07) is 13.1. The Hall–Kier alpha value is -1.58. The Kier molecular flexibility index (Phi) is 4.18. The average molecular weight is 283 g/mol. The summed E-state index contributed by atoms with van der Waals surface area (Å²) in [6.45, 7) is 0. The van der Waals surface area contributed by atoms with Gasteiger partial charge in [-0.2, -0.15) is 5.10 Å². The highest BCUT2D eigenvalue weighted by Crippen LogP contribution is 2.15. The van der Waals surface area contributed by atoms with Crippen LogP contribution in [0.5, 0.6) is 0 Å². The molecule has 2 rings (SSSR count). The van der Waals surface area contributed by atoms with Gasteiger partial charge in [-0.3, -0.25) is 5.43 Å². The van der Waals surface area contributed by atoms with Crippen LogP contribution >= 0.6 is 23.2 Å². The molecule has 1 N–H and O–H groups in total. The number of anilines is 1. The van der Waals surface area contributed by atoms with Crippen LogP contribution in [0.1, 0.15) is 5.56 Å². The second-order valence-corrected chi connectivity index (χ2v) is 4.30. The topological polar surface area (TPSA) is 24.4 Å². The molecule has 0 radical (unpaired) electrons. The van der Waals surface area contributed by atoms with Crippen LogP contribution in [0.15, 0.2) is 53.6 Å². The van der Waals surface area contributed by atoms with E-state index >= 15 is 0 Å². The van der Waals surface area contributed by atoms with Gasteiger partial charge >= 0.3 is 0 Å². The van der Waals surface area contributed by atoms with Crippen molar-refractivity contribution < 1.29 is 4.39 Å². The molecule has 0 aliphatic carbocycles. The first kappa shape index (κ1) is 12.9. The summed E-state index contributed by atoms with van der Waals surface area (Å²) in [7, 11) is 0. The van der Waals surface area contributed by atoms with Crippen LogP contribution in [0, 0.1) is 5.82 Å². The van der Waals surface area contributed by atoms with Crippen LogP contribution in [-0.2, 0) is 0 Å². The molecule has 0 saturated carbocycles. The second-order valence-electron chi connectivity index (χ2n) is 3.50. The van der Waals surface area contributed by atoms with E-state index < -0.39 is 5.82 Å². The molecule has 0 saturated heterocycles. The second kappa shape index (κ2) is 5.85. The molecule has 2 aromatic rings. The number of hydrazone groups is 1. The fraction of sp³-hybridized carbons (Fsp3) is 0. The standard InChI is InChI=1S/C13H9Cl2FN2/c14-9-5-7-10(8-6-9)17-18-13(15)11-3-1-2-4-12(11)16/h1-8,17H/b18-13-. The van der Waals surface area contributed by atoms with E-state index in [4.69, 9.17) is 23.2 Å². The van der Waals surface area contributed by atoms with E-state index in [1.807, 2.05) is 0 Å². The van der Waals surface area contributed by atoms with Crippen LogP contribution in [-0.4, -0.2) is 5.17 Å². The van der Waals surface area contributed by atoms with Gasteiger partial charge in [-0.25, -0.2) is 4.39 Å². The van der Waals surface area contributed by atoms with Crippen LogP contribution in [0.2, 0.25) is 5.02 Å². The molecule has 2 nitrogen and oxygen atoms in total. The number of hydrogen-bond acceptors (Lipinski definition) is 2. The monoisotopic (exact) mass is 282 g/mol. The maximum Gasteiger partial charge on any atom is 0.159 e. The zero-order valence-corrected chi connectivity index (χ0v) is 10.7. The normalized spacial score (nSPS) is 11.4. The highest BCUT2D eigenvalue weighted by Gasteiger charge is 2.05. The molecule has 0 spiro atoms. The molecule has 0 unspecified atom stereocenters. The Morgan fingerprint density at radius 1 is 1.06 bits per heavy atom. The first-order valence-corrected chi connectivity index (χ1v) is 5.92. The summed E-state index contributed by atoms with van der Waals surface area (Å²) < 4.78 is 13.4. The third-order valence-corrected chi connectivity index (χ3v) is 2.76. The first-order chi connectivity index (χ1) is 8.66. The molecular formula is C13H9Cl2FN2. The van der Waals surface area contributed by atoms with Crippen molar-refractivity contribution >= 4 is 34.1 Å². The summed E-state index contributed by atoms with van der Waals surface area (Å²) in [6.07, 6.45) is 0. The van der Waals surface area contributed by atoms with E-state index in [1.54, 1.807) is 42.5 Å². The van der Waals surface area contributed by atoms with Gasteiger partial charge < -0.3 is 0 Å². The Morgan fingerprint density at radius 2 is 1.72 bits per heavy atom. The maximum absolute atomic E-state index is 13.4. The molecule has 0 amide bonds. The van der Waals surface area contributed by atoms with Crippen LogP contribution in [0.25, 0.3) is 0 Å². The number of nitrogens with one attached hydrogen (secondary N) is 1. The van der Waals surface area contributed by atoms with Gasteiger partial charge in [0.15, 0.2) is 5.17 Å². The zero-order chi connectivity index (χ0) is 13.0. The van der Waals surface area contributed by atoms with E-state index in [0.717, 1.165) is 0 Å². The van der Waals surface area contributed by atoms with Gasteiger partial charge in [0.2, 0.25) is 0 Å². The lowest BCUT2D eigenvalue weighted by atomic mass is 10.2. The highest BCUT2D eigenvalue weighted by atomic mass is 35.5. The fourth-order valence-electron chi connectivity index (χ4n) is 1.33. The van der Waals surface area contributed by atoms with Crippen molar-refractivity contribution in [2.75, 3.05) is 5.43 Å². The van der Waals surface area contributed by atoms with Crippen molar-refractivity contribution in [1.29, 1.82) is 0 Å². The number of rotatable bonds is 3. The van der Waals surface area contributed by atoms with Crippen molar-refractivity contribution in [3.05, 3.63) is 64.9 Å². The SMILES string of the molecule is Fc1ccccc1/C(Cl)=N/Nc1ccc(Cl)cc1.